The zero-order valence-electron chi connectivity index (χ0n) is 9.51. The summed E-state index contributed by atoms with van der Waals surface area (Å²) in [5.74, 6) is 0.218. The van der Waals surface area contributed by atoms with Crippen LogP contribution in [0.1, 0.15) is 21.1 Å². The largest absolute Gasteiger partial charge is 0.461 e. The molecule has 0 atom stereocenters. The zero-order chi connectivity index (χ0) is 12.1. The quantitative estimate of drug-likeness (QED) is 0.584. The number of Topliss-reactive ketones (excluding diaryl/α,β-unsaturated/α-hetero) is 1. The Labute approximate surface area is 103 Å². The molecule has 0 aliphatic heterocycles. The topological polar surface area (TPSA) is 52.3 Å². The van der Waals surface area contributed by atoms with Gasteiger partial charge in [-0.2, -0.15) is 0 Å². The van der Waals surface area contributed by atoms with Crippen molar-refractivity contribution in [2.45, 2.75) is 13.3 Å². The number of aryl methyl sites for hydroxylation is 1. The van der Waals surface area contributed by atoms with E-state index in [1.54, 1.807) is 23.5 Å². The van der Waals surface area contributed by atoms with Gasteiger partial charge in [-0.3, -0.25) is 4.79 Å². The van der Waals surface area contributed by atoms with Crippen LogP contribution < -0.4 is 0 Å². The summed E-state index contributed by atoms with van der Waals surface area (Å²) in [7, 11) is 0. The average molecular weight is 251 g/mol. The molecule has 0 bridgehead atoms. The number of rotatable bonds is 6. The summed E-state index contributed by atoms with van der Waals surface area (Å²) in [4.78, 5) is 16.9. The Morgan fingerprint density at radius 2 is 2.47 bits per heavy atom. The number of hydrogen-bond acceptors (Lipinski definition) is 5. The second-order valence-corrected chi connectivity index (χ2v) is 4.50. The second-order valence-electron chi connectivity index (χ2n) is 3.56. The molecule has 4 nitrogen and oxygen atoms in total. The fourth-order valence-electron chi connectivity index (χ4n) is 1.40. The first kappa shape index (κ1) is 12.0. The maximum absolute atomic E-state index is 11.5. The van der Waals surface area contributed by atoms with Crippen molar-refractivity contribution in [3.8, 4) is 0 Å². The van der Waals surface area contributed by atoms with E-state index in [0.29, 0.717) is 12.4 Å². The molecule has 17 heavy (non-hydrogen) atoms. The van der Waals surface area contributed by atoms with Gasteiger partial charge in [-0.25, -0.2) is 4.98 Å². The lowest BCUT2D eigenvalue weighted by molar-refractivity contribution is 0.0739. The number of nitrogens with zero attached hydrogens (tertiary/aromatic N) is 1. The van der Waals surface area contributed by atoms with Crippen LogP contribution in [-0.2, 0) is 11.2 Å². The third-order valence-corrected chi connectivity index (χ3v) is 3.34. The van der Waals surface area contributed by atoms with E-state index in [9.17, 15) is 4.79 Å². The molecule has 5 heteroatoms. The first-order chi connectivity index (χ1) is 8.27. The van der Waals surface area contributed by atoms with E-state index in [0.717, 1.165) is 12.1 Å². The third kappa shape index (κ3) is 3.25. The highest BCUT2D eigenvalue weighted by atomic mass is 32.1. The smallest absolute Gasteiger partial charge is 0.223 e. The van der Waals surface area contributed by atoms with Gasteiger partial charge < -0.3 is 9.15 Å². The molecule has 2 aromatic heterocycles. The first-order valence-electron chi connectivity index (χ1n) is 5.31. The molecule has 2 heterocycles. The van der Waals surface area contributed by atoms with Gasteiger partial charge in [-0.05, 0) is 19.1 Å². The molecule has 0 saturated carbocycles. The van der Waals surface area contributed by atoms with Gasteiger partial charge in [0.25, 0.3) is 0 Å². The number of ketones is 1. The van der Waals surface area contributed by atoms with Crippen molar-refractivity contribution in [2.75, 3.05) is 13.2 Å². The number of thiazole rings is 1. The van der Waals surface area contributed by atoms with E-state index in [1.165, 1.54) is 11.1 Å². The Balaban J connectivity index is 1.70. The SMILES string of the molecule is Cc1ncsc1CCOCC(=O)c1ccco1. The second kappa shape index (κ2) is 5.75. The standard InChI is InChI=1S/C12H13NO3S/c1-9-12(17-8-13-9)4-6-15-7-10(14)11-3-2-5-16-11/h2-3,5,8H,4,6-7H2,1H3. The molecular weight excluding hydrogens is 238 g/mol. The molecule has 0 fully saturated rings. The molecule has 0 saturated heterocycles. The highest BCUT2D eigenvalue weighted by Gasteiger charge is 2.08. The van der Waals surface area contributed by atoms with Crippen molar-refractivity contribution in [1.82, 2.24) is 4.98 Å². The third-order valence-electron chi connectivity index (χ3n) is 2.35. The summed E-state index contributed by atoms with van der Waals surface area (Å²) >= 11 is 1.61. The Kier molecular flexibility index (Phi) is 4.06. The molecule has 0 aromatic carbocycles. The Morgan fingerprint density at radius 3 is 3.12 bits per heavy atom. The monoisotopic (exact) mass is 251 g/mol. The molecule has 90 valence electrons. The molecule has 0 aliphatic rings. The summed E-state index contributed by atoms with van der Waals surface area (Å²) in [6.07, 6.45) is 2.27. The molecular formula is C12H13NO3S. The number of hydrogen-bond donors (Lipinski definition) is 0. The van der Waals surface area contributed by atoms with Crippen molar-refractivity contribution in [1.29, 1.82) is 0 Å². The summed E-state index contributed by atoms with van der Waals surface area (Å²) in [5.41, 5.74) is 2.86. The lowest BCUT2D eigenvalue weighted by Gasteiger charge is -2.01. The molecule has 0 unspecified atom stereocenters. The minimum absolute atomic E-state index is 0.0609. The molecule has 0 aliphatic carbocycles. The van der Waals surface area contributed by atoms with Gasteiger partial charge in [-0.15, -0.1) is 11.3 Å². The van der Waals surface area contributed by atoms with Crippen molar-refractivity contribution in [3.05, 3.63) is 40.2 Å². The highest BCUT2D eigenvalue weighted by Crippen LogP contribution is 2.12. The normalized spacial score (nSPS) is 10.6. The van der Waals surface area contributed by atoms with Gasteiger partial charge in [0.05, 0.1) is 24.1 Å². The lowest BCUT2D eigenvalue weighted by Crippen LogP contribution is -2.10. The first-order valence-corrected chi connectivity index (χ1v) is 6.19. The highest BCUT2D eigenvalue weighted by molar-refractivity contribution is 7.09. The van der Waals surface area contributed by atoms with E-state index >= 15 is 0 Å². The Bertz CT molecular complexity index is 476. The molecule has 0 amide bonds. The summed E-state index contributed by atoms with van der Waals surface area (Å²) < 4.78 is 10.3. The van der Waals surface area contributed by atoms with E-state index < -0.39 is 0 Å². The van der Waals surface area contributed by atoms with Gasteiger partial charge in [0.1, 0.15) is 6.61 Å². The molecule has 2 aromatic rings. The number of carbonyl (C=O) groups excluding carboxylic acids is 1. The average Bonchev–Trinajstić information content (AvgIpc) is 2.96. The van der Waals surface area contributed by atoms with E-state index in [4.69, 9.17) is 9.15 Å². The number of furan rings is 1. The Morgan fingerprint density at radius 1 is 1.59 bits per heavy atom. The summed E-state index contributed by atoms with van der Waals surface area (Å²) in [5, 5.41) is 0. The van der Waals surface area contributed by atoms with E-state index in [1.807, 2.05) is 12.4 Å². The van der Waals surface area contributed by atoms with Gasteiger partial charge >= 0.3 is 0 Å². The van der Waals surface area contributed by atoms with Gasteiger partial charge in [0.15, 0.2) is 5.76 Å². The van der Waals surface area contributed by atoms with Crippen molar-refractivity contribution >= 4 is 17.1 Å². The van der Waals surface area contributed by atoms with Crippen LogP contribution in [0, 0.1) is 6.92 Å². The van der Waals surface area contributed by atoms with Crippen LogP contribution in [0.15, 0.2) is 28.3 Å². The van der Waals surface area contributed by atoms with E-state index in [2.05, 4.69) is 4.98 Å². The van der Waals surface area contributed by atoms with Crippen molar-refractivity contribution < 1.29 is 13.9 Å². The minimum atomic E-state index is -0.129. The number of aromatic nitrogens is 1. The van der Waals surface area contributed by atoms with Crippen LogP contribution in [0.2, 0.25) is 0 Å². The van der Waals surface area contributed by atoms with Gasteiger partial charge in [-0.1, -0.05) is 0 Å². The van der Waals surface area contributed by atoms with Crippen LogP contribution >= 0.6 is 11.3 Å². The maximum atomic E-state index is 11.5. The number of carbonyl (C=O) groups is 1. The number of ether oxygens (including phenoxy) is 1. The van der Waals surface area contributed by atoms with Crippen LogP contribution in [0.5, 0.6) is 0 Å². The predicted molar refractivity (Wildman–Crippen MR) is 64.4 cm³/mol. The van der Waals surface area contributed by atoms with Crippen molar-refractivity contribution in [3.63, 3.8) is 0 Å². The fraction of sp³-hybridized carbons (Fsp3) is 0.333. The minimum Gasteiger partial charge on any atom is -0.461 e. The van der Waals surface area contributed by atoms with Gasteiger partial charge in [0, 0.05) is 11.3 Å². The summed E-state index contributed by atoms with van der Waals surface area (Å²) in [6, 6.07) is 3.33. The van der Waals surface area contributed by atoms with Crippen LogP contribution in [0.4, 0.5) is 0 Å². The molecule has 0 spiro atoms. The van der Waals surface area contributed by atoms with Gasteiger partial charge in [0.2, 0.25) is 5.78 Å². The summed E-state index contributed by atoms with van der Waals surface area (Å²) in [6.45, 7) is 2.56. The maximum Gasteiger partial charge on any atom is 0.223 e. The Hall–Kier alpha value is -1.46. The fourth-order valence-corrected chi connectivity index (χ4v) is 2.17. The molecule has 2 rings (SSSR count). The molecule has 0 radical (unpaired) electrons. The predicted octanol–water partition coefficient (Wildman–Crippen LogP) is 2.49. The lowest BCUT2D eigenvalue weighted by atomic mass is 10.3. The van der Waals surface area contributed by atoms with Crippen LogP contribution in [0.25, 0.3) is 0 Å². The van der Waals surface area contributed by atoms with Crippen LogP contribution in [0.3, 0.4) is 0 Å². The van der Waals surface area contributed by atoms with E-state index in [-0.39, 0.29) is 12.4 Å². The van der Waals surface area contributed by atoms with Crippen LogP contribution in [-0.4, -0.2) is 24.0 Å². The zero-order valence-corrected chi connectivity index (χ0v) is 10.3. The van der Waals surface area contributed by atoms with Crippen molar-refractivity contribution in [2.24, 2.45) is 0 Å². The molecule has 0 N–H and O–H groups in total.